The predicted molar refractivity (Wildman–Crippen MR) is 62.1 cm³/mol. The molecule has 15 heavy (non-hydrogen) atoms. The van der Waals surface area contributed by atoms with Crippen molar-refractivity contribution in [3.63, 3.8) is 0 Å². The van der Waals surface area contributed by atoms with Crippen LogP contribution in [0.3, 0.4) is 0 Å². The fourth-order valence-corrected chi connectivity index (χ4v) is 1.20. The summed E-state index contributed by atoms with van der Waals surface area (Å²) >= 11 is 0. The molecule has 4 heteroatoms. The molecular formula is C11H18BNO2. The van der Waals surface area contributed by atoms with E-state index < -0.39 is 0 Å². The molecule has 0 fully saturated rings. The summed E-state index contributed by atoms with van der Waals surface area (Å²) in [4.78, 5) is 3.97. The lowest BCUT2D eigenvalue weighted by molar-refractivity contribution is 0.139. The minimum atomic E-state index is -0.298. The Labute approximate surface area is 92.0 Å². The zero-order chi connectivity index (χ0) is 11.3. The highest BCUT2D eigenvalue weighted by atomic mass is 16.6. The van der Waals surface area contributed by atoms with Gasteiger partial charge in [-0.2, -0.15) is 0 Å². The third kappa shape index (κ3) is 4.45. The van der Waals surface area contributed by atoms with Crippen LogP contribution >= 0.6 is 0 Å². The van der Waals surface area contributed by atoms with Gasteiger partial charge in [-0.15, -0.1) is 0 Å². The Hall–Kier alpha value is -0.865. The second-order valence-electron chi connectivity index (χ2n) is 3.98. The average molecular weight is 207 g/mol. The Bertz CT molecular complexity index is 267. The van der Waals surface area contributed by atoms with Crippen LogP contribution in [0.25, 0.3) is 0 Å². The maximum absolute atomic E-state index is 5.70. The first kappa shape index (κ1) is 12.2. The highest BCUT2D eigenvalue weighted by Crippen LogP contribution is 2.00. The van der Waals surface area contributed by atoms with E-state index in [0.717, 1.165) is 5.46 Å². The van der Waals surface area contributed by atoms with Crippen LogP contribution in [0, 0.1) is 0 Å². The van der Waals surface area contributed by atoms with Gasteiger partial charge in [-0.3, -0.25) is 4.98 Å². The monoisotopic (exact) mass is 207 g/mol. The average Bonchev–Trinajstić information content (AvgIpc) is 2.17. The van der Waals surface area contributed by atoms with Crippen molar-refractivity contribution >= 4 is 12.6 Å². The van der Waals surface area contributed by atoms with Crippen LogP contribution < -0.4 is 5.46 Å². The molecule has 0 radical (unpaired) electrons. The molecule has 0 aliphatic carbocycles. The number of nitrogens with zero attached hydrogens (tertiary/aromatic N) is 1. The van der Waals surface area contributed by atoms with Gasteiger partial charge in [-0.25, -0.2) is 0 Å². The number of rotatable bonds is 5. The first-order valence-electron chi connectivity index (χ1n) is 5.30. The van der Waals surface area contributed by atoms with Gasteiger partial charge in [0.1, 0.15) is 0 Å². The smallest absolute Gasteiger partial charge is 0.405 e. The summed E-state index contributed by atoms with van der Waals surface area (Å²) in [6.07, 6.45) is 3.77. The lowest BCUT2D eigenvalue weighted by Crippen LogP contribution is -2.40. The quantitative estimate of drug-likeness (QED) is 0.687. The highest BCUT2D eigenvalue weighted by molar-refractivity contribution is 6.61. The summed E-state index contributed by atoms with van der Waals surface area (Å²) in [5, 5.41) is 0. The molecule has 0 saturated heterocycles. The van der Waals surface area contributed by atoms with Crippen LogP contribution in [0.15, 0.2) is 24.5 Å². The van der Waals surface area contributed by atoms with Gasteiger partial charge < -0.3 is 9.31 Å². The van der Waals surface area contributed by atoms with Crippen molar-refractivity contribution in [2.75, 3.05) is 0 Å². The van der Waals surface area contributed by atoms with Gasteiger partial charge >= 0.3 is 7.12 Å². The molecule has 0 aromatic carbocycles. The van der Waals surface area contributed by atoms with Crippen molar-refractivity contribution in [3.05, 3.63) is 24.5 Å². The molecule has 0 bridgehead atoms. The normalized spacial score (nSPS) is 11.1. The lowest BCUT2D eigenvalue weighted by Gasteiger charge is -2.19. The summed E-state index contributed by atoms with van der Waals surface area (Å²) < 4.78 is 11.4. The third-order valence-electron chi connectivity index (χ3n) is 1.77. The largest absolute Gasteiger partial charge is 0.494 e. The fourth-order valence-electron chi connectivity index (χ4n) is 1.20. The Morgan fingerprint density at radius 2 is 1.47 bits per heavy atom. The summed E-state index contributed by atoms with van der Waals surface area (Å²) in [6, 6.07) is 3.82. The van der Waals surface area contributed by atoms with Crippen molar-refractivity contribution in [2.45, 2.75) is 39.9 Å². The molecule has 1 rings (SSSR count). The minimum absolute atomic E-state index is 0.141. The van der Waals surface area contributed by atoms with E-state index in [1.54, 1.807) is 12.4 Å². The zero-order valence-electron chi connectivity index (χ0n) is 9.81. The lowest BCUT2D eigenvalue weighted by atomic mass is 9.79. The Kier molecular flexibility index (Phi) is 4.79. The van der Waals surface area contributed by atoms with E-state index in [1.165, 1.54) is 0 Å². The van der Waals surface area contributed by atoms with E-state index in [2.05, 4.69) is 4.98 Å². The standard InChI is InChI=1S/C11H18BNO2/c1-9(2)14-12(15-10(3)4)11-5-7-13-8-6-11/h5-10H,1-4H3. The van der Waals surface area contributed by atoms with Gasteiger partial charge in [0.2, 0.25) is 0 Å². The highest BCUT2D eigenvalue weighted by Gasteiger charge is 2.23. The number of pyridine rings is 1. The van der Waals surface area contributed by atoms with Crippen LogP contribution in [-0.2, 0) is 9.31 Å². The van der Waals surface area contributed by atoms with Gasteiger partial charge in [0.05, 0.1) is 0 Å². The van der Waals surface area contributed by atoms with E-state index >= 15 is 0 Å². The minimum Gasteiger partial charge on any atom is -0.405 e. The first-order valence-corrected chi connectivity index (χ1v) is 5.30. The molecule has 82 valence electrons. The fraction of sp³-hybridized carbons (Fsp3) is 0.545. The van der Waals surface area contributed by atoms with Gasteiger partial charge in [0.15, 0.2) is 0 Å². The molecule has 0 saturated carbocycles. The van der Waals surface area contributed by atoms with E-state index in [-0.39, 0.29) is 19.3 Å². The van der Waals surface area contributed by atoms with Crippen molar-refractivity contribution in [1.82, 2.24) is 4.98 Å². The van der Waals surface area contributed by atoms with Crippen molar-refractivity contribution in [1.29, 1.82) is 0 Å². The summed E-state index contributed by atoms with van der Waals surface area (Å²) in [7, 11) is -0.298. The Morgan fingerprint density at radius 3 is 1.87 bits per heavy atom. The van der Waals surface area contributed by atoms with Gasteiger partial charge in [0, 0.05) is 24.6 Å². The SMILES string of the molecule is CC(C)OB(OC(C)C)c1ccncc1. The summed E-state index contributed by atoms with van der Waals surface area (Å²) in [5.74, 6) is 0. The number of hydrogen-bond donors (Lipinski definition) is 0. The van der Waals surface area contributed by atoms with Crippen LogP contribution in [-0.4, -0.2) is 24.3 Å². The molecule has 1 aromatic rings. The van der Waals surface area contributed by atoms with Crippen LogP contribution in [0.2, 0.25) is 0 Å². The number of aromatic nitrogens is 1. The second-order valence-corrected chi connectivity index (χ2v) is 3.98. The van der Waals surface area contributed by atoms with Gasteiger partial charge in [-0.1, -0.05) is 0 Å². The van der Waals surface area contributed by atoms with E-state index in [4.69, 9.17) is 9.31 Å². The van der Waals surface area contributed by atoms with Crippen molar-refractivity contribution in [3.8, 4) is 0 Å². The number of hydrogen-bond acceptors (Lipinski definition) is 3. The molecule has 1 heterocycles. The molecule has 0 N–H and O–H groups in total. The maximum atomic E-state index is 5.70. The molecule has 0 atom stereocenters. The Morgan fingerprint density at radius 1 is 1.00 bits per heavy atom. The molecular weight excluding hydrogens is 189 g/mol. The van der Waals surface area contributed by atoms with Gasteiger partial charge in [-0.05, 0) is 45.3 Å². The van der Waals surface area contributed by atoms with E-state index in [0.29, 0.717) is 0 Å². The van der Waals surface area contributed by atoms with Crippen molar-refractivity contribution in [2.24, 2.45) is 0 Å². The Balaban J connectivity index is 2.72. The maximum Gasteiger partial charge on any atom is 0.494 e. The molecule has 0 aliphatic heterocycles. The molecule has 0 spiro atoms. The summed E-state index contributed by atoms with van der Waals surface area (Å²) in [6.45, 7) is 7.99. The second kappa shape index (κ2) is 5.88. The van der Waals surface area contributed by atoms with Crippen molar-refractivity contribution < 1.29 is 9.31 Å². The molecule has 3 nitrogen and oxygen atoms in total. The third-order valence-corrected chi connectivity index (χ3v) is 1.77. The van der Waals surface area contributed by atoms with Crippen LogP contribution in [0.4, 0.5) is 0 Å². The predicted octanol–water partition coefficient (Wildman–Crippen LogP) is 1.63. The molecule has 1 aromatic heterocycles. The zero-order valence-corrected chi connectivity index (χ0v) is 9.81. The summed E-state index contributed by atoms with van der Waals surface area (Å²) in [5.41, 5.74) is 1.01. The van der Waals surface area contributed by atoms with E-state index in [1.807, 2.05) is 39.8 Å². The molecule has 0 unspecified atom stereocenters. The topological polar surface area (TPSA) is 31.4 Å². The van der Waals surface area contributed by atoms with Gasteiger partial charge in [0.25, 0.3) is 0 Å². The molecule has 0 amide bonds. The van der Waals surface area contributed by atoms with E-state index in [9.17, 15) is 0 Å². The molecule has 0 aliphatic rings. The van der Waals surface area contributed by atoms with Crippen LogP contribution in [0.1, 0.15) is 27.7 Å². The van der Waals surface area contributed by atoms with Crippen LogP contribution in [0.5, 0.6) is 0 Å². The first-order chi connectivity index (χ1) is 7.09.